The van der Waals surface area contributed by atoms with E-state index in [4.69, 9.17) is 21.4 Å². The zero-order valence-electron chi connectivity index (χ0n) is 15.3. The maximum atomic E-state index is 13.3. The number of carboxylic acid groups (broad SMARTS) is 1. The molecule has 3 rings (SSSR count). The number of fused-ring (bicyclic) bond motifs is 1. The van der Waals surface area contributed by atoms with E-state index < -0.39 is 22.2 Å². The number of carbonyl (C=O) groups excluding carboxylic acids is 1. The van der Waals surface area contributed by atoms with Gasteiger partial charge in [0.15, 0.2) is 0 Å². The normalized spacial score (nSPS) is 15.8. The van der Waals surface area contributed by atoms with E-state index in [0.717, 1.165) is 4.31 Å². The largest absolute Gasteiger partial charge is 0.484 e. The minimum absolute atomic E-state index is 0.0182. The minimum Gasteiger partial charge on any atom is -0.484 e. The van der Waals surface area contributed by atoms with Crippen molar-refractivity contribution in [1.29, 1.82) is 0 Å². The summed E-state index contributed by atoms with van der Waals surface area (Å²) in [6, 6.07) is 10.0. The van der Waals surface area contributed by atoms with Crippen LogP contribution in [0, 0.1) is 0 Å². The van der Waals surface area contributed by atoms with Crippen LogP contribution in [0.15, 0.2) is 47.4 Å². The molecule has 3 N–H and O–H groups in total. The summed E-state index contributed by atoms with van der Waals surface area (Å²) in [5.74, 6) is -0.0207. The van der Waals surface area contributed by atoms with Gasteiger partial charge < -0.3 is 15.2 Å². The lowest BCUT2D eigenvalue weighted by Crippen LogP contribution is -2.48. The smallest absolute Gasteiger partial charge is 0.409 e. The highest BCUT2D eigenvalue weighted by molar-refractivity contribution is 7.92. The SMILES string of the molecule is CC(=O)NCC1CN(S(=O)(=O)c2ccc(Cl)cc2)c2cc(NC(=O)O)ccc2O1. The maximum Gasteiger partial charge on any atom is 0.409 e. The Balaban J connectivity index is 2.03. The molecule has 0 saturated carbocycles. The summed E-state index contributed by atoms with van der Waals surface area (Å²) >= 11 is 5.86. The van der Waals surface area contributed by atoms with E-state index in [9.17, 15) is 18.0 Å². The van der Waals surface area contributed by atoms with Gasteiger partial charge in [-0.25, -0.2) is 13.2 Å². The summed E-state index contributed by atoms with van der Waals surface area (Å²) in [4.78, 5) is 22.2. The molecule has 2 aromatic carbocycles. The van der Waals surface area contributed by atoms with Crippen molar-refractivity contribution >= 4 is 45.0 Å². The molecule has 29 heavy (non-hydrogen) atoms. The van der Waals surface area contributed by atoms with Crippen molar-refractivity contribution in [3.05, 3.63) is 47.5 Å². The van der Waals surface area contributed by atoms with Gasteiger partial charge in [0, 0.05) is 17.6 Å². The van der Waals surface area contributed by atoms with Crippen molar-refractivity contribution in [3.63, 3.8) is 0 Å². The molecule has 9 nitrogen and oxygen atoms in total. The van der Waals surface area contributed by atoms with Crippen LogP contribution in [-0.4, -0.2) is 44.7 Å². The highest BCUT2D eigenvalue weighted by atomic mass is 35.5. The lowest BCUT2D eigenvalue weighted by atomic mass is 10.2. The Morgan fingerprint density at radius 1 is 1.24 bits per heavy atom. The number of amides is 2. The zero-order valence-corrected chi connectivity index (χ0v) is 16.8. The number of hydrogen-bond acceptors (Lipinski definition) is 5. The Morgan fingerprint density at radius 3 is 2.55 bits per heavy atom. The lowest BCUT2D eigenvalue weighted by molar-refractivity contribution is -0.119. The van der Waals surface area contributed by atoms with Gasteiger partial charge in [0.25, 0.3) is 10.0 Å². The first-order valence-electron chi connectivity index (χ1n) is 8.50. The molecule has 0 fully saturated rings. The van der Waals surface area contributed by atoms with E-state index in [-0.39, 0.29) is 41.0 Å². The van der Waals surface area contributed by atoms with E-state index in [0.29, 0.717) is 5.02 Å². The number of hydrogen-bond donors (Lipinski definition) is 3. The Bertz CT molecular complexity index is 1040. The molecular weight excluding hydrogens is 422 g/mol. The standard InChI is InChI=1S/C18H18ClN3O6S/c1-11(23)20-9-14-10-22(29(26,27)15-5-2-12(19)3-6-15)16-8-13(21-18(24)25)4-7-17(16)28-14/h2-8,14,21H,9-10H2,1H3,(H,20,23)(H,24,25). The molecule has 2 amide bonds. The number of nitrogens with zero attached hydrogens (tertiary/aromatic N) is 1. The molecule has 0 spiro atoms. The molecule has 11 heteroatoms. The van der Waals surface area contributed by atoms with Crippen LogP contribution in [-0.2, 0) is 14.8 Å². The zero-order chi connectivity index (χ0) is 21.2. The van der Waals surface area contributed by atoms with Crippen molar-refractivity contribution < 1.29 is 27.9 Å². The Morgan fingerprint density at radius 2 is 1.93 bits per heavy atom. The summed E-state index contributed by atoms with van der Waals surface area (Å²) < 4.78 is 33.5. The van der Waals surface area contributed by atoms with E-state index in [2.05, 4.69) is 10.6 Å². The second-order valence-corrected chi connectivity index (χ2v) is 8.58. The highest BCUT2D eigenvalue weighted by Crippen LogP contribution is 2.39. The lowest BCUT2D eigenvalue weighted by Gasteiger charge is -2.35. The summed E-state index contributed by atoms with van der Waals surface area (Å²) in [6.45, 7) is 1.38. The third kappa shape index (κ3) is 4.72. The van der Waals surface area contributed by atoms with Crippen molar-refractivity contribution in [2.24, 2.45) is 0 Å². The van der Waals surface area contributed by atoms with Crippen molar-refractivity contribution in [1.82, 2.24) is 5.32 Å². The van der Waals surface area contributed by atoms with E-state index >= 15 is 0 Å². The van der Waals surface area contributed by atoms with E-state index in [1.165, 1.54) is 49.4 Å². The molecule has 1 aliphatic rings. The minimum atomic E-state index is -4.00. The molecule has 154 valence electrons. The van der Waals surface area contributed by atoms with Crippen molar-refractivity contribution in [2.45, 2.75) is 17.9 Å². The molecule has 2 aromatic rings. The third-order valence-corrected chi connectivity index (χ3v) is 6.17. The predicted octanol–water partition coefficient (Wildman–Crippen LogP) is 2.52. The van der Waals surface area contributed by atoms with Gasteiger partial charge in [-0.05, 0) is 42.5 Å². The summed E-state index contributed by atoms with van der Waals surface area (Å²) in [7, 11) is -4.00. The first-order valence-corrected chi connectivity index (χ1v) is 10.3. The van der Waals surface area contributed by atoms with Crippen LogP contribution >= 0.6 is 11.6 Å². The number of benzene rings is 2. The quantitative estimate of drug-likeness (QED) is 0.657. The summed E-state index contributed by atoms with van der Waals surface area (Å²) in [6.07, 6.45) is -1.91. The molecule has 1 unspecified atom stereocenters. The maximum absolute atomic E-state index is 13.3. The number of nitrogens with one attached hydrogen (secondary N) is 2. The van der Waals surface area contributed by atoms with Gasteiger partial charge in [-0.2, -0.15) is 0 Å². The van der Waals surface area contributed by atoms with Crippen LogP contribution in [0.5, 0.6) is 5.75 Å². The van der Waals surface area contributed by atoms with Crippen molar-refractivity contribution in [3.8, 4) is 5.75 Å². The number of sulfonamides is 1. The van der Waals surface area contributed by atoms with Gasteiger partial charge in [0.05, 0.1) is 23.7 Å². The van der Waals surface area contributed by atoms with E-state index in [1.54, 1.807) is 0 Å². The fraction of sp³-hybridized carbons (Fsp3) is 0.222. The van der Waals surface area contributed by atoms with Gasteiger partial charge in [-0.15, -0.1) is 0 Å². The highest BCUT2D eigenvalue weighted by Gasteiger charge is 2.35. The van der Waals surface area contributed by atoms with Gasteiger partial charge >= 0.3 is 6.09 Å². The molecule has 1 atom stereocenters. The first-order chi connectivity index (χ1) is 13.7. The Kier molecular flexibility index (Phi) is 5.85. The molecule has 0 radical (unpaired) electrons. The average Bonchev–Trinajstić information content (AvgIpc) is 2.65. The average molecular weight is 440 g/mol. The molecule has 0 bridgehead atoms. The topological polar surface area (TPSA) is 125 Å². The summed E-state index contributed by atoms with van der Waals surface area (Å²) in [5, 5.41) is 14.1. The molecule has 0 aliphatic carbocycles. The molecule has 1 aliphatic heterocycles. The third-order valence-electron chi connectivity index (χ3n) is 4.12. The fourth-order valence-electron chi connectivity index (χ4n) is 2.84. The second kappa shape index (κ2) is 8.18. The number of anilines is 2. The van der Waals surface area contributed by atoms with Crippen LogP contribution in [0.2, 0.25) is 5.02 Å². The monoisotopic (exact) mass is 439 g/mol. The number of ether oxygens (including phenoxy) is 1. The van der Waals surface area contributed by atoms with Crippen molar-refractivity contribution in [2.75, 3.05) is 22.7 Å². The first kappa shape index (κ1) is 20.7. The molecular formula is C18H18ClN3O6S. The van der Waals surface area contributed by atoms with Crippen LogP contribution in [0.3, 0.4) is 0 Å². The van der Waals surface area contributed by atoms with Gasteiger partial charge in [-0.3, -0.25) is 14.4 Å². The van der Waals surface area contributed by atoms with Crippen LogP contribution in [0.1, 0.15) is 6.92 Å². The molecule has 0 aromatic heterocycles. The summed E-state index contributed by atoms with van der Waals surface area (Å²) in [5.41, 5.74) is 0.377. The van der Waals surface area contributed by atoms with Crippen LogP contribution in [0.4, 0.5) is 16.2 Å². The van der Waals surface area contributed by atoms with Gasteiger partial charge in [-0.1, -0.05) is 11.6 Å². The second-order valence-electron chi connectivity index (χ2n) is 6.28. The van der Waals surface area contributed by atoms with Gasteiger partial charge in [0.2, 0.25) is 5.91 Å². The van der Waals surface area contributed by atoms with E-state index in [1.807, 2.05) is 0 Å². The predicted molar refractivity (Wildman–Crippen MR) is 107 cm³/mol. The Hall–Kier alpha value is -2.98. The van der Waals surface area contributed by atoms with Crippen LogP contribution in [0.25, 0.3) is 0 Å². The number of halogens is 1. The van der Waals surface area contributed by atoms with Gasteiger partial charge in [0.1, 0.15) is 11.9 Å². The molecule has 0 saturated heterocycles. The number of rotatable bonds is 5. The fourth-order valence-corrected chi connectivity index (χ4v) is 4.46. The van der Waals surface area contributed by atoms with Crippen LogP contribution < -0.4 is 19.7 Å². The Labute approximate surface area is 172 Å². The number of carbonyl (C=O) groups is 2. The molecule has 1 heterocycles.